The molecule has 0 saturated heterocycles. The number of benzene rings is 2. The maximum absolute atomic E-state index is 12.3. The normalized spacial score (nSPS) is 12.7. The number of aryl methyl sites for hydroxylation is 1. The second-order valence-corrected chi connectivity index (χ2v) is 10.1. The summed E-state index contributed by atoms with van der Waals surface area (Å²) < 4.78 is 31.7. The van der Waals surface area contributed by atoms with Gasteiger partial charge in [-0.05, 0) is 67.9 Å². The van der Waals surface area contributed by atoms with E-state index in [4.69, 9.17) is 4.74 Å². The van der Waals surface area contributed by atoms with E-state index in [1.807, 2.05) is 30.8 Å². The summed E-state index contributed by atoms with van der Waals surface area (Å²) in [5, 5.41) is 3.40. The number of carbonyl (C=O) groups is 1. The van der Waals surface area contributed by atoms with E-state index < -0.39 is 10.0 Å². The topological polar surface area (TPSA) is 84.5 Å². The van der Waals surface area contributed by atoms with Gasteiger partial charge in [-0.2, -0.15) is 0 Å². The van der Waals surface area contributed by atoms with Crippen molar-refractivity contribution in [1.29, 1.82) is 0 Å². The minimum atomic E-state index is -3.68. The van der Waals surface area contributed by atoms with Gasteiger partial charge < -0.3 is 10.1 Å². The van der Waals surface area contributed by atoms with Crippen molar-refractivity contribution in [3.63, 3.8) is 0 Å². The van der Waals surface area contributed by atoms with Crippen molar-refractivity contribution < 1.29 is 17.9 Å². The summed E-state index contributed by atoms with van der Waals surface area (Å²) in [6.45, 7) is 6.30. The highest BCUT2D eigenvalue weighted by molar-refractivity contribution is 7.99. The van der Waals surface area contributed by atoms with Crippen molar-refractivity contribution in [3.05, 3.63) is 53.6 Å². The molecule has 6 nitrogen and oxygen atoms in total. The van der Waals surface area contributed by atoms with Gasteiger partial charge >= 0.3 is 0 Å². The molecule has 1 atom stereocenters. The highest BCUT2D eigenvalue weighted by Crippen LogP contribution is 2.29. The largest absolute Gasteiger partial charge is 0.495 e. The number of thioether (sulfide) groups is 1. The first-order chi connectivity index (χ1) is 14.2. The van der Waals surface area contributed by atoms with E-state index >= 15 is 0 Å². The van der Waals surface area contributed by atoms with Crippen LogP contribution >= 0.6 is 11.8 Å². The number of nitrogens with one attached hydrogen (secondary N) is 2. The van der Waals surface area contributed by atoms with Gasteiger partial charge in [-0.15, -0.1) is 11.8 Å². The van der Waals surface area contributed by atoms with E-state index in [0.717, 1.165) is 17.7 Å². The molecule has 0 spiro atoms. The molecule has 0 radical (unpaired) electrons. The minimum Gasteiger partial charge on any atom is -0.495 e. The standard InChI is InChI=1S/C22H28N2O4S2/c1-6-16(3)29-18-9-10-19(15(2)13-18)24-22(25)12-8-17-7-11-20(28-5)21(14-17)30(26,27)23-4/h7-14,16,23H,6H2,1-5H3,(H,24,25)/b12-8+. The molecule has 162 valence electrons. The monoisotopic (exact) mass is 448 g/mol. The summed E-state index contributed by atoms with van der Waals surface area (Å²) >= 11 is 1.81. The van der Waals surface area contributed by atoms with Crippen LogP contribution in [0.1, 0.15) is 31.4 Å². The molecule has 0 saturated carbocycles. The lowest BCUT2D eigenvalue weighted by Crippen LogP contribution is -2.19. The Bertz CT molecular complexity index is 1030. The average molecular weight is 449 g/mol. The summed E-state index contributed by atoms with van der Waals surface area (Å²) in [5.41, 5.74) is 2.29. The van der Waals surface area contributed by atoms with Crippen LogP contribution in [0, 0.1) is 6.92 Å². The van der Waals surface area contributed by atoms with E-state index in [2.05, 4.69) is 30.0 Å². The van der Waals surface area contributed by atoms with Crippen LogP contribution in [0.3, 0.4) is 0 Å². The van der Waals surface area contributed by atoms with Crippen molar-refractivity contribution in [2.45, 2.75) is 42.2 Å². The lowest BCUT2D eigenvalue weighted by atomic mass is 10.2. The van der Waals surface area contributed by atoms with Gasteiger partial charge in [-0.1, -0.05) is 19.9 Å². The molecule has 0 fully saturated rings. The van der Waals surface area contributed by atoms with Crippen LogP contribution in [0.2, 0.25) is 0 Å². The fraction of sp³-hybridized carbons (Fsp3) is 0.318. The van der Waals surface area contributed by atoms with Crippen LogP contribution in [0.15, 0.2) is 52.3 Å². The number of carbonyl (C=O) groups excluding carboxylic acids is 1. The van der Waals surface area contributed by atoms with Gasteiger partial charge in [0.1, 0.15) is 10.6 Å². The number of amides is 1. The third kappa shape index (κ3) is 6.35. The number of anilines is 1. The molecule has 0 aliphatic rings. The number of hydrogen-bond acceptors (Lipinski definition) is 5. The Kier molecular flexibility index (Phi) is 8.52. The van der Waals surface area contributed by atoms with Crippen LogP contribution < -0.4 is 14.8 Å². The van der Waals surface area contributed by atoms with Crippen LogP contribution in [0.4, 0.5) is 5.69 Å². The van der Waals surface area contributed by atoms with Gasteiger partial charge in [-0.3, -0.25) is 4.79 Å². The number of ether oxygens (including phenoxy) is 1. The number of methoxy groups -OCH3 is 1. The Labute approximate surface area is 183 Å². The molecule has 2 aromatic carbocycles. The lowest BCUT2D eigenvalue weighted by molar-refractivity contribution is -0.111. The van der Waals surface area contributed by atoms with E-state index in [9.17, 15) is 13.2 Å². The third-order valence-corrected chi connectivity index (χ3v) is 7.24. The summed E-state index contributed by atoms with van der Waals surface area (Å²) in [4.78, 5) is 13.5. The van der Waals surface area contributed by atoms with Gasteiger partial charge in [0, 0.05) is 21.9 Å². The second kappa shape index (κ2) is 10.7. The smallest absolute Gasteiger partial charge is 0.248 e. The van der Waals surface area contributed by atoms with Crippen molar-refractivity contribution in [1.82, 2.24) is 4.72 Å². The van der Waals surface area contributed by atoms with E-state index in [1.165, 1.54) is 31.2 Å². The van der Waals surface area contributed by atoms with Gasteiger partial charge in [-0.25, -0.2) is 13.1 Å². The Morgan fingerprint density at radius 1 is 1.23 bits per heavy atom. The van der Waals surface area contributed by atoms with Crippen molar-refractivity contribution >= 4 is 39.5 Å². The van der Waals surface area contributed by atoms with Gasteiger partial charge in [0.2, 0.25) is 15.9 Å². The molecule has 0 heterocycles. The molecule has 0 bridgehead atoms. The molecule has 1 unspecified atom stereocenters. The van der Waals surface area contributed by atoms with Gasteiger partial charge in [0.15, 0.2) is 0 Å². The maximum atomic E-state index is 12.3. The quantitative estimate of drug-likeness (QED) is 0.437. The first kappa shape index (κ1) is 24.0. The fourth-order valence-electron chi connectivity index (χ4n) is 2.63. The average Bonchev–Trinajstić information content (AvgIpc) is 2.73. The Balaban J connectivity index is 2.14. The van der Waals surface area contributed by atoms with E-state index in [-0.39, 0.29) is 16.6 Å². The molecule has 0 aromatic heterocycles. The molecule has 2 aromatic rings. The van der Waals surface area contributed by atoms with E-state index in [0.29, 0.717) is 10.8 Å². The molecular formula is C22H28N2O4S2. The van der Waals surface area contributed by atoms with Crippen molar-refractivity contribution in [3.8, 4) is 5.75 Å². The predicted molar refractivity (Wildman–Crippen MR) is 124 cm³/mol. The zero-order valence-corrected chi connectivity index (χ0v) is 19.5. The van der Waals surface area contributed by atoms with Crippen LogP contribution in [0.5, 0.6) is 5.75 Å². The summed E-state index contributed by atoms with van der Waals surface area (Å²) in [6, 6.07) is 10.7. The Morgan fingerprint density at radius 3 is 2.57 bits per heavy atom. The Hall–Kier alpha value is -2.29. The summed E-state index contributed by atoms with van der Waals surface area (Å²) in [5.74, 6) is -0.0637. The Morgan fingerprint density at radius 2 is 1.97 bits per heavy atom. The highest BCUT2D eigenvalue weighted by atomic mass is 32.2. The van der Waals surface area contributed by atoms with Gasteiger partial charge in [0.25, 0.3) is 0 Å². The molecule has 0 aliphatic carbocycles. The second-order valence-electron chi connectivity index (χ2n) is 6.75. The van der Waals surface area contributed by atoms with Crippen molar-refractivity contribution in [2.24, 2.45) is 0 Å². The number of hydrogen-bond donors (Lipinski definition) is 2. The molecule has 1 amide bonds. The SMILES string of the molecule is CCC(C)Sc1ccc(NC(=O)/C=C/c2ccc(OC)c(S(=O)(=O)NC)c2)c(C)c1. The summed E-state index contributed by atoms with van der Waals surface area (Å²) in [7, 11) is -0.945. The number of sulfonamides is 1. The molecule has 30 heavy (non-hydrogen) atoms. The molecule has 2 rings (SSSR count). The predicted octanol–water partition coefficient (Wildman–Crippen LogP) is 4.45. The van der Waals surface area contributed by atoms with Crippen LogP contribution in [0.25, 0.3) is 6.08 Å². The first-order valence-electron chi connectivity index (χ1n) is 9.58. The van der Waals surface area contributed by atoms with Crippen molar-refractivity contribution in [2.75, 3.05) is 19.5 Å². The van der Waals surface area contributed by atoms with E-state index in [1.54, 1.807) is 18.2 Å². The zero-order chi connectivity index (χ0) is 22.3. The van der Waals surface area contributed by atoms with Crippen LogP contribution in [-0.4, -0.2) is 33.7 Å². The minimum absolute atomic E-state index is 0.0142. The number of rotatable bonds is 9. The first-order valence-corrected chi connectivity index (χ1v) is 11.9. The molecule has 0 aliphatic heterocycles. The van der Waals surface area contributed by atoms with Gasteiger partial charge in [0.05, 0.1) is 7.11 Å². The lowest BCUT2D eigenvalue weighted by Gasteiger charge is -2.12. The highest BCUT2D eigenvalue weighted by Gasteiger charge is 2.17. The molecule has 8 heteroatoms. The third-order valence-electron chi connectivity index (χ3n) is 4.54. The van der Waals surface area contributed by atoms with Crippen LogP contribution in [-0.2, 0) is 14.8 Å². The molecule has 2 N–H and O–H groups in total. The fourth-order valence-corrected chi connectivity index (χ4v) is 4.58. The zero-order valence-electron chi connectivity index (χ0n) is 17.9. The molecular weight excluding hydrogens is 420 g/mol. The summed E-state index contributed by atoms with van der Waals surface area (Å²) in [6.07, 6.45) is 4.03. The maximum Gasteiger partial charge on any atom is 0.248 e.